The summed E-state index contributed by atoms with van der Waals surface area (Å²) in [5, 5.41) is 7.25. The number of rotatable bonds is 3. The zero-order valence-electron chi connectivity index (χ0n) is 10.7. The molecule has 1 unspecified atom stereocenters. The fourth-order valence-electron chi connectivity index (χ4n) is 2.25. The Morgan fingerprint density at radius 3 is 2.88 bits per heavy atom. The lowest BCUT2D eigenvalue weighted by atomic mass is 10.1. The Balaban J connectivity index is 2.00. The van der Waals surface area contributed by atoms with Gasteiger partial charge in [-0.3, -0.25) is 9.48 Å². The second-order valence-electron chi connectivity index (χ2n) is 4.69. The molecule has 92 valence electrons. The smallest absolute Gasteiger partial charge is 0.225 e. The number of aryl methyl sites for hydroxylation is 2. The molecule has 0 fully saturated rings. The molecule has 4 nitrogen and oxygen atoms in total. The zero-order valence-corrected chi connectivity index (χ0v) is 10.7. The van der Waals surface area contributed by atoms with E-state index in [9.17, 15) is 4.79 Å². The van der Waals surface area contributed by atoms with Crippen LogP contribution in [0.5, 0.6) is 0 Å². The van der Waals surface area contributed by atoms with Crippen LogP contribution in [0.25, 0.3) is 0 Å². The quantitative estimate of drug-likeness (QED) is 0.814. The number of aromatic nitrogens is 2. The zero-order chi connectivity index (χ0) is 12.4. The Kier molecular flexibility index (Phi) is 3.31. The fourth-order valence-corrected chi connectivity index (χ4v) is 2.25. The van der Waals surface area contributed by atoms with Gasteiger partial charge in [0.15, 0.2) is 0 Å². The number of nitrogens with zero attached hydrogens (tertiary/aromatic N) is 2. The monoisotopic (exact) mass is 233 g/mol. The number of anilines is 1. The van der Waals surface area contributed by atoms with E-state index in [4.69, 9.17) is 0 Å². The number of carbonyl (C=O) groups is 1. The first-order valence-corrected chi connectivity index (χ1v) is 6.04. The second kappa shape index (κ2) is 4.73. The lowest BCUT2D eigenvalue weighted by molar-refractivity contribution is -0.116. The van der Waals surface area contributed by atoms with Crippen LogP contribution < -0.4 is 5.32 Å². The molecule has 1 heterocycles. The molecule has 1 atom stereocenters. The van der Waals surface area contributed by atoms with Crippen LogP contribution in [0.4, 0.5) is 5.69 Å². The van der Waals surface area contributed by atoms with E-state index in [1.54, 1.807) is 4.68 Å². The van der Waals surface area contributed by atoms with Crippen molar-refractivity contribution in [2.75, 3.05) is 5.32 Å². The van der Waals surface area contributed by atoms with E-state index >= 15 is 0 Å². The summed E-state index contributed by atoms with van der Waals surface area (Å²) in [4.78, 5) is 11.9. The standard InChI is InChI=1S/C13H19N3O/c1-9-13(10(2)16(3)15-9)14-12(17)8-11-6-4-5-7-11/h4,6,11H,5,7-8H2,1-3H3,(H,14,17). The normalized spacial score (nSPS) is 18.6. The van der Waals surface area contributed by atoms with Crippen LogP contribution in [-0.4, -0.2) is 15.7 Å². The van der Waals surface area contributed by atoms with E-state index in [1.165, 1.54) is 0 Å². The first-order valence-electron chi connectivity index (χ1n) is 6.04. The van der Waals surface area contributed by atoms with Gasteiger partial charge in [0, 0.05) is 13.5 Å². The Bertz CT molecular complexity index is 459. The Hall–Kier alpha value is -1.58. The highest BCUT2D eigenvalue weighted by atomic mass is 16.1. The van der Waals surface area contributed by atoms with Gasteiger partial charge in [-0.15, -0.1) is 0 Å². The minimum atomic E-state index is 0.0840. The predicted molar refractivity (Wildman–Crippen MR) is 67.8 cm³/mol. The van der Waals surface area contributed by atoms with Gasteiger partial charge in [-0.25, -0.2) is 0 Å². The summed E-state index contributed by atoms with van der Waals surface area (Å²) in [6.45, 7) is 3.88. The summed E-state index contributed by atoms with van der Waals surface area (Å²) in [5.41, 5.74) is 2.73. The highest BCUT2D eigenvalue weighted by Crippen LogP contribution is 2.23. The van der Waals surface area contributed by atoms with Crippen molar-refractivity contribution in [3.63, 3.8) is 0 Å². The number of carbonyl (C=O) groups excluding carboxylic acids is 1. The van der Waals surface area contributed by atoms with Crippen LogP contribution in [0.3, 0.4) is 0 Å². The number of amides is 1. The van der Waals surface area contributed by atoms with Gasteiger partial charge in [0.05, 0.1) is 17.1 Å². The first-order chi connectivity index (χ1) is 8.08. The van der Waals surface area contributed by atoms with E-state index in [0.717, 1.165) is 29.9 Å². The summed E-state index contributed by atoms with van der Waals surface area (Å²) >= 11 is 0. The summed E-state index contributed by atoms with van der Waals surface area (Å²) in [6.07, 6.45) is 7.06. The van der Waals surface area contributed by atoms with Crippen molar-refractivity contribution in [1.82, 2.24) is 9.78 Å². The molecule has 1 amide bonds. The lowest BCUT2D eigenvalue weighted by Gasteiger charge is -2.08. The van der Waals surface area contributed by atoms with Crippen molar-refractivity contribution in [2.45, 2.75) is 33.1 Å². The van der Waals surface area contributed by atoms with Gasteiger partial charge in [0.2, 0.25) is 5.91 Å². The molecular weight excluding hydrogens is 214 g/mol. The summed E-state index contributed by atoms with van der Waals surface area (Å²) in [7, 11) is 1.89. The van der Waals surface area contributed by atoms with Gasteiger partial charge in [-0.1, -0.05) is 12.2 Å². The minimum absolute atomic E-state index is 0.0840. The third-order valence-corrected chi connectivity index (χ3v) is 3.33. The first kappa shape index (κ1) is 11.9. The third-order valence-electron chi connectivity index (χ3n) is 3.33. The van der Waals surface area contributed by atoms with Gasteiger partial charge in [-0.05, 0) is 32.6 Å². The Labute approximate surface area is 102 Å². The molecule has 0 saturated carbocycles. The van der Waals surface area contributed by atoms with Crippen molar-refractivity contribution >= 4 is 11.6 Å². The van der Waals surface area contributed by atoms with Gasteiger partial charge in [-0.2, -0.15) is 5.10 Å². The topological polar surface area (TPSA) is 46.9 Å². The molecule has 1 N–H and O–H groups in total. The van der Waals surface area contributed by atoms with Crippen molar-refractivity contribution in [3.05, 3.63) is 23.5 Å². The van der Waals surface area contributed by atoms with Crippen LogP contribution in [-0.2, 0) is 11.8 Å². The molecule has 0 aliphatic heterocycles. The molecular formula is C13H19N3O. The molecule has 0 saturated heterocycles. The number of nitrogens with one attached hydrogen (secondary N) is 1. The highest BCUT2D eigenvalue weighted by Gasteiger charge is 2.16. The molecule has 1 aromatic heterocycles. The molecule has 1 aliphatic rings. The molecule has 4 heteroatoms. The van der Waals surface area contributed by atoms with Crippen molar-refractivity contribution in [3.8, 4) is 0 Å². The molecule has 1 aromatic rings. The SMILES string of the molecule is Cc1nn(C)c(C)c1NC(=O)CC1C=CCC1. The maximum absolute atomic E-state index is 11.9. The Morgan fingerprint density at radius 1 is 1.59 bits per heavy atom. The molecule has 0 radical (unpaired) electrons. The molecule has 0 spiro atoms. The number of hydrogen-bond donors (Lipinski definition) is 1. The maximum atomic E-state index is 11.9. The maximum Gasteiger partial charge on any atom is 0.225 e. The minimum Gasteiger partial charge on any atom is -0.323 e. The largest absolute Gasteiger partial charge is 0.323 e. The van der Waals surface area contributed by atoms with Crippen LogP contribution in [0, 0.1) is 19.8 Å². The lowest BCUT2D eigenvalue weighted by Crippen LogP contribution is -2.15. The number of hydrogen-bond acceptors (Lipinski definition) is 2. The van der Waals surface area contributed by atoms with Crippen LogP contribution in [0.2, 0.25) is 0 Å². The summed E-state index contributed by atoms with van der Waals surface area (Å²) < 4.78 is 1.79. The van der Waals surface area contributed by atoms with Crippen molar-refractivity contribution < 1.29 is 4.79 Å². The van der Waals surface area contributed by atoms with Crippen molar-refractivity contribution in [1.29, 1.82) is 0 Å². The van der Waals surface area contributed by atoms with Gasteiger partial charge in [0.25, 0.3) is 0 Å². The van der Waals surface area contributed by atoms with Crippen LogP contribution in [0.1, 0.15) is 30.7 Å². The molecule has 0 bridgehead atoms. The van der Waals surface area contributed by atoms with E-state index in [0.29, 0.717) is 12.3 Å². The van der Waals surface area contributed by atoms with Gasteiger partial charge in [0.1, 0.15) is 0 Å². The average molecular weight is 233 g/mol. The average Bonchev–Trinajstić information content (AvgIpc) is 2.83. The molecule has 0 aromatic carbocycles. The van der Waals surface area contributed by atoms with Crippen LogP contribution in [0.15, 0.2) is 12.2 Å². The van der Waals surface area contributed by atoms with E-state index < -0.39 is 0 Å². The van der Waals surface area contributed by atoms with E-state index in [-0.39, 0.29) is 5.91 Å². The van der Waals surface area contributed by atoms with Crippen molar-refractivity contribution in [2.24, 2.45) is 13.0 Å². The van der Waals surface area contributed by atoms with Crippen LogP contribution >= 0.6 is 0 Å². The molecule has 1 aliphatic carbocycles. The Morgan fingerprint density at radius 2 is 2.35 bits per heavy atom. The fraction of sp³-hybridized carbons (Fsp3) is 0.538. The van der Waals surface area contributed by atoms with E-state index in [2.05, 4.69) is 22.6 Å². The van der Waals surface area contributed by atoms with Gasteiger partial charge >= 0.3 is 0 Å². The van der Waals surface area contributed by atoms with Gasteiger partial charge < -0.3 is 5.32 Å². The summed E-state index contributed by atoms with van der Waals surface area (Å²) in [5.74, 6) is 0.494. The third kappa shape index (κ3) is 2.57. The predicted octanol–water partition coefficient (Wildman–Crippen LogP) is 2.33. The highest BCUT2D eigenvalue weighted by molar-refractivity contribution is 5.92. The molecule has 2 rings (SSSR count). The molecule has 17 heavy (non-hydrogen) atoms. The second-order valence-corrected chi connectivity index (χ2v) is 4.69. The van der Waals surface area contributed by atoms with E-state index in [1.807, 2.05) is 20.9 Å². The number of allylic oxidation sites excluding steroid dienone is 2. The summed E-state index contributed by atoms with van der Waals surface area (Å²) in [6, 6.07) is 0.